The fraction of sp³-hybridized carbons (Fsp3) is 0.619. The second kappa shape index (κ2) is 9.67. The largest absolute Gasteiger partial charge is 0.388 e. The van der Waals surface area contributed by atoms with Gasteiger partial charge >= 0.3 is 0 Å². The highest BCUT2D eigenvalue weighted by Crippen LogP contribution is 2.30. The second-order valence-corrected chi connectivity index (χ2v) is 7.66. The van der Waals surface area contributed by atoms with Gasteiger partial charge in [-0.2, -0.15) is 0 Å². The van der Waals surface area contributed by atoms with E-state index in [1.807, 2.05) is 37.3 Å². The molecule has 2 amide bonds. The van der Waals surface area contributed by atoms with Crippen LogP contribution in [0.4, 0.5) is 0 Å². The van der Waals surface area contributed by atoms with Gasteiger partial charge in [-0.3, -0.25) is 9.59 Å². The normalized spacial score (nSPS) is 30.4. The van der Waals surface area contributed by atoms with Crippen LogP contribution in [0.1, 0.15) is 32.8 Å². The van der Waals surface area contributed by atoms with Crippen molar-refractivity contribution in [3.05, 3.63) is 35.9 Å². The zero-order chi connectivity index (χ0) is 21.0. The van der Waals surface area contributed by atoms with Crippen LogP contribution in [-0.4, -0.2) is 66.3 Å². The summed E-state index contributed by atoms with van der Waals surface area (Å²) in [5.74, 6) is -0.483. The molecule has 1 aromatic rings. The van der Waals surface area contributed by atoms with Crippen molar-refractivity contribution in [3.63, 3.8) is 0 Å². The van der Waals surface area contributed by atoms with Crippen LogP contribution in [0.15, 0.2) is 30.3 Å². The quantitative estimate of drug-likeness (QED) is 0.581. The molecule has 2 saturated heterocycles. The van der Waals surface area contributed by atoms with Gasteiger partial charge in [0.15, 0.2) is 6.29 Å². The monoisotopic (exact) mass is 406 g/mol. The zero-order valence-corrected chi connectivity index (χ0v) is 17.0. The molecule has 0 unspecified atom stereocenters. The lowest BCUT2D eigenvalue weighted by Gasteiger charge is -2.39. The third-order valence-corrected chi connectivity index (χ3v) is 5.25. The van der Waals surface area contributed by atoms with Crippen LogP contribution >= 0.6 is 0 Å². The molecular weight excluding hydrogens is 376 g/mol. The Labute approximate surface area is 170 Å². The first-order chi connectivity index (χ1) is 13.9. The Kier molecular flexibility index (Phi) is 7.23. The van der Waals surface area contributed by atoms with Crippen molar-refractivity contribution in [2.45, 2.75) is 76.4 Å². The molecule has 0 aliphatic carbocycles. The van der Waals surface area contributed by atoms with E-state index in [2.05, 4.69) is 10.6 Å². The Morgan fingerprint density at radius 2 is 2.00 bits per heavy atom. The molecule has 29 heavy (non-hydrogen) atoms. The molecule has 2 fully saturated rings. The van der Waals surface area contributed by atoms with E-state index in [-0.39, 0.29) is 30.9 Å². The molecule has 0 spiro atoms. The molecule has 8 nitrogen and oxygen atoms in total. The van der Waals surface area contributed by atoms with Crippen LogP contribution in [-0.2, 0) is 30.2 Å². The predicted molar refractivity (Wildman–Crippen MR) is 105 cm³/mol. The smallest absolute Gasteiger partial charge is 0.249 e. The van der Waals surface area contributed by atoms with E-state index in [1.54, 1.807) is 13.8 Å². The Hall–Kier alpha value is -2.00. The van der Waals surface area contributed by atoms with E-state index in [4.69, 9.17) is 14.2 Å². The lowest BCUT2D eigenvalue weighted by atomic mass is 9.98. The summed E-state index contributed by atoms with van der Waals surface area (Å²) in [7, 11) is 0. The average molecular weight is 406 g/mol. The molecule has 2 aliphatic heterocycles. The van der Waals surface area contributed by atoms with Crippen molar-refractivity contribution in [2.75, 3.05) is 6.61 Å². The van der Waals surface area contributed by atoms with Gasteiger partial charge in [0.05, 0.1) is 6.61 Å². The minimum Gasteiger partial charge on any atom is -0.388 e. The highest BCUT2D eigenvalue weighted by atomic mass is 16.7. The number of nitrogens with one attached hydrogen (secondary N) is 2. The molecule has 8 heteroatoms. The van der Waals surface area contributed by atoms with Gasteiger partial charge in [-0.25, -0.2) is 0 Å². The van der Waals surface area contributed by atoms with Gasteiger partial charge in [0, 0.05) is 12.5 Å². The summed E-state index contributed by atoms with van der Waals surface area (Å²) in [5, 5.41) is 16.3. The molecule has 0 saturated carbocycles. The summed E-state index contributed by atoms with van der Waals surface area (Å²) in [6.07, 6.45) is -2.88. The van der Waals surface area contributed by atoms with Gasteiger partial charge in [0.25, 0.3) is 0 Å². The number of carbonyl (C=O) groups is 2. The van der Waals surface area contributed by atoms with E-state index in [1.165, 1.54) is 0 Å². The first-order valence-corrected chi connectivity index (χ1v) is 10.1. The molecule has 160 valence electrons. The molecule has 2 heterocycles. The average Bonchev–Trinajstić information content (AvgIpc) is 3.15. The first kappa shape index (κ1) is 21.7. The highest BCUT2D eigenvalue weighted by molar-refractivity contribution is 5.80. The SMILES string of the molecule is CCC(=O)N[C@H]1[C@@H]2OC[C@@H](O2)[C@@H](O)[C@@H]1O[C@H](C)C(=O)N[C@H](C)Cc1ccccc1. The first-order valence-electron chi connectivity index (χ1n) is 10.1. The summed E-state index contributed by atoms with van der Waals surface area (Å²) >= 11 is 0. The summed E-state index contributed by atoms with van der Waals surface area (Å²) in [6, 6.07) is 9.13. The molecule has 2 aliphatic rings. The van der Waals surface area contributed by atoms with Gasteiger partial charge in [0.1, 0.15) is 30.5 Å². The maximum absolute atomic E-state index is 12.6. The lowest BCUT2D eigenvalue weighted by molar-refractivity contribution is -0.210. The Morgan fingerprint density at radius 3 is 2.69 bits per heavy atom. The van der Waals surface area contributed by atoms with Crippen molar-refractivity contribution in [1.29, 1.82) is 0 Å². The van der Waals surface area contributed by atoms with Gasteiger partial charge in [-0.15, -0.1) is 0 Å². The fourth-order valence-electron chi connectivity index (χ4n) is 3.67. The van der Waals surface area contributed by atoms with Crippen LogP contribution in [0.2, 0.25) is 0 Å². The maximum Gasteiger partial charge on any atom is 0.249 e. The van der Waals surface area contributed by atoms with Crippen LogP contribution in [0.25, 0.3) is 0 Å². The molecule has 0 aromatic heterocycles. The molecule has 3 N–H and O–H groups in total. The molecule has 3 rings (SSSR count). The van der Waals surface area contributed by atoms with Crippen LogP contribution in [0, 0.1) is 0 Å². The number of ether oxygens (including phenoxy) is 3. The highest BCUT2D eigenvalue weighted by Gasteiger charge is 2.52. The van der Waals surface area contributed by atoms with E-state index in [9.17, 15) is 14.7 Å². The topological polar surface area (TPSA) is 106 Å². The standard InChI is InChI=1S/C21H30N2O6/c1-4-16(24)23-17-19(18(25)15-11-27-21(17)29-15)28-13(3)20(26)22-12(2)10-14-8-6-5-7-9-14/h5-9,12-13,15,17-19,21,25H,4,10-11H2,1-3H3,(H,22,26)(H,23,24)/t12-,13-,15-,17-,18-,19-,21-/m1/s1. The van der Waals surface area contributed by atoms with Gasteiger partial charge < -0.3 is 30.0 Å². The minimum absolute atomic E-state index is 0.0781. The van der Waals surface area contributed by atoms with Crippen molar-refractivity contribution in [1.82, 2.24) is 10.6 Å². The van der Waals surface area contributed by atoms with Crippen LogP contribution in [0.5, 0.6) is 0 Å². The number of rotatable bonds is 8. The maximum atomic E-state index is 12.6. The van der Waals surface area contributed by atoms with Crippen molar-refractivity contribution >= 4 is 11.8 Å². The predicted octanol–water partition coefficient (Wildman–Crippen LogP) is 0.518. The van der Waals surface area contributed by atoms with Crippen LogP contribution < -0.4 is 10.6 Å². The summed E-state index contributed by atoms with van der Waals surface area (Å²) in [5.41, 5.74) is 1.13. The third kappa shape index (κ3) is 5.33. The second-order valence-electron chi connectivity index (χ2n) is 7.66. The Bertz CT molecular complexity index is 700. The van der Waals surface area contributed by atoms with Gasteiger partial charge in [-0.05, 0) is 25.8 Å². The molecular formula is C21H30N2O6. The zero-order valence-electron chi connectivity index (χ0n) is 17.0. The molecule has 7 atom stereocenters. The number of hydrogen-bond acceptors (Lipinski definition) is 6. The van der Waals surface area contributed by atoms with Crippen molar-refractivity contribution in [2.24, 2.45) is 0 Å². The van der Waals surface area contributed by atoms with Crippen molar-refractivity contribution < 1.29 is 28.9 Å². The molecule has 1 aromatic carbocycles. The lowest BCUT2D eigenvalue weighted by Crippen LogP contribution is -2.62. The Morgan fingerprint density at radius 1 is 1.28 bits per heavy atom. The number of hydrogen-bond donors (Lipinski definition) is 3. The number of aliphatic hydroxyl groups is 1. The van der Waals surface area contributed by atoms with E-state index >= 15 is 0 Å². The number of fused-ring (bicyclic) bond motifs is 2. The fourth-order valence-corrected chi connectivity index (χ4v) is 3.67. The van der Waals surface area contributed by atoms with Gasteiger partial charge in [0.2, 0.25) is 11.8 Å². The minimum atomic E-state index is -1.01. The Balaban J connectivity index is 1.59. The van der Waals surface area contributed by atoms with Crippen LogP contribution in [0.3, 0.4) is 0 Å². The van der Waals surface area contributed by atoms with Gasteiger partial charge in [-0.1, -0.05) is 37.3 Å². The number of amides is 2. The van der Waals surface area contributed by atoms with E-state index in [0.29, 0.717) is 6.42 Å². The third-order valence-electron chi connectivity index (χ3n) is 5.25. The van der Waals surface area contributed by atoms with E-state index in [0.717, 1.165) is 5.56 Å². The molecule has 2 bridgehead atoms. The van der Waals surface area contributed by atoms with Crippen molar-refractivity contribution in [3.8, 4) is 0 Å². The molecule has 0 radical (unpaired) electrons. The number of aliphatic hydroxyl groups excluding tert-OH is 1. The summed E-state index contributed by atoms with van der Waals surface area (Å²) in [6.45, 7) is 5.51. The van der Waals surface area contributed by atoms with E-state index < -0.39 is 36.7 Å². The summed E-state index contributed by atoms with van der Waals surface area (Å²) in [4.78, 5) is 24.5. The summed E-state index contributed by atoms with van der Waals surface area (Å²) < 4.78 is 17.1. The number of carbonyl (C=O) groups excluding carboxylic acids is 2. The number of benzene rings is 1.